The first-order chi connectivity index (χ1) is 14.3. The van der Waals surface area contributed by atoms with Crippen LogP contribution in [-0.4, -0.2) is 41.4 Å². The molecular weight excluding hydrogens is 413 g/mol. The van der Waals surface area contributed by atoms with Gasteiger partial charge in [0.1, 0.15) is 5.82 Å². The van der Waals surface area contributed by atoms with E-state index >= 15 is 0 Å². The van der Waals surface area contributed by atoms with Gasteiger partial charge in [0.15, 0.2) is 0 Å². The fraction of sp³-hybridized carbons (Fsp3) is 0.350. The van der Waals surface area contributed by atoms with Crippen molar-refractivity contribution >= 4 is 33.1 Å². The molecule has 10 heteroatoms. The van der Waals surface area contributed by atoms with Crippen LogP contribution in [-0.2, 0) is 6.18 Å². The Bertz CT molecular complexity index is 1010. The summed E-state index contributed by atoms with van der Waals surface area (Å²) in [6.07, 6.45) is -4.33. The van der Waals surface area contributed by atoms with Crippen molar-refractivity contribution in [1.82, 2.24) is 15.2 Å². The zero-order valence-electron chi connectivity index (χ0n) is 16.6. The molecule has 1 fully saturated rings. The lowest BCUT2D eigenvalue weighted by molar-refractivity contribution is -0.137. The standard InChI is InChI=1S/C20H21F3N6S/c1-13-10-14(2)24-17(11-13)25-18-26-27-19(30-18)29-8-6-28(7-9-29)16-5-3-4-15(12-16)20(21,22)23/h3-5,10-12H,6-9H2,1-2H3,(H,24,25,26). The predicted octanol–water partition coefficient (Wildman–Crippen LogP) is 4.64. The predicted molar refractivity (Wildman–Crippen MR) is 113 cm³/mol. The van der Waals surface area contributed by atoms with E-state index in [1.807, 2.05) is 30.9 Å². The molecule has 0 unspecified atom stereocenters. The molecule has 0 saturated carbocycles. The first-order valence-corrected chi connectivity index (χ1v) is 10.3. The molecule has 3 aromatic rings. The number of rotatable bonds is 4. The molecule has 2 aromatic heterocycles. The molecule has 0 amide bonds. The van der Waals surface area contributed by atoms with E-state index in [1.165, 1.54) is 23.5 Å². The molecule has 6 nitrogen and oxygen atoms in total. The molecule has 0 spiro atoms. The van der Waals surface area contributed by atoms with Gasteiger partial charge in [-0.1, -0.05) is 17.4 Å². The molecule has 1 N–H and O–H groups in total. The van der Waals surface area contributed by atoms with Gasteiger partial charge >= 0.3 is 6.18 Å². The second-order valence-corrected chi connectivity index (χ2v) is 8.16. The molecule has 0 aliphatic carbocycles. The van der Waals surface area contributed by atoms with Crippen LogP contribution in [0.5, 0.6) is 0 Å². The number of aromatic nitrogens is 3. The van der Waals surface area contributed by atoms with Gasteiger partial charge in [-0.25, -0.2) is 4.98 Å². The molecule has 0 atom stereocenters. The normalized spacial score (nSPS) is 14.8. The lowest BCUT2D eigenvalue weighted by atomic mass is 10.1. The Morgan fingerprint density at radius 3 is 2.40 bits per heavy atom. The molecule has 0 bridgehead atoms. The van der Waals surface area contributed by atoms with Gasteiger partial charge in [0.05, 0.1) is 5.56 Å². The third-order valence-corrected chi connectivity index (χ3v) is 5.74. The summed E-state index contributed by atoms with van der Waals surface area (Å²) in [5.41, 5.74) is 2.00. The number of halogens is 3. The minimum absolute atomic E-state index is 0.588. The Morgan fingerprint density at radius 2 is 1.70 bits per heavy atom. The van der Waals surface area contributed by atoms with Crippen molar-refractivity contribution in [3.05, 3.63) is 53.2 Å². The lowest BCUT2D eigenvalue weighted by Crippen LogP contribution is -2.46. The van der Waals surface area contributed by atoms with Crippen LogP contribution >= 0.6 is 11.3 Å². The van der Waals surface area contributed by atoms with Gasteiger partial charge in [0.25, 0.3) is 0 Å². The van der Waals surface area contributed by atoms with Crippen molar-refractivity contribution in [3.8, 4) is 0 Å². The summed E-state index contributed by atoms with van der Waals surface area (Å²) < 4.78 is 38.9. The number of anilines is 4. The molecule has 158 valence electrons. The van der Waals surface area contributed by atoms with E-state index in [4.69, 9.17) is 0 Å². The van der Waals surface area contributed by atoms with Crippen molar-refractivity contribution in [2.75, 3.05) is 41.3 Å². The fourth-order valence-corrected chi connectivity index (χ4v) is 4.25. The average molecular weight is 434 g/mol. The number of hydrogen-bond donors (Lipinski definition) is 1. The number of hydrogen-bond acceptors (Lipinski definition) is 7. The van der Waals surface area contributed by atoms with Gasteiger partial charge in [0, 0.05) is 37.6 Å². The Labute approximate surface area is 176 Å². The minimum atomic E-state index is -4.33. The highest BCUT2D eigenvalue weighted by Crippen LogP contribution is 2.32. The van der Waals surface area contributed by atoms with Crippen LogP contribution in [0, 0.1) is 13.8 Å². The largest absolute Gasteiger partial charge is 0.416 e. The van der Waals surface area contributed by atoms with Gasteiger partial charge < -0.3 is 15.1 Å². The van der Waals surface area contributed by atoms with E-state index in [-0.39, 0.29) is 0 Å². The number of nitrogens with one attached hydrogen (secondary N) is 1. The van der Waals surface area contributed by atoms with Crippen LogP contribution in [0.1, 0.15) is 16.8 Å². The van der Waals surface area contributed by atoms with Gasteiger partial charge in [-0.3, -0.25) is 0 Å². The third-order valence-electron chi connectivity index (χ3n) is 4.84. The molecule has 4 rings (SSSR count). The zero-order valence-corrected chi connectivity index (χ0v) is 17.4. The maximum absolute atomic E-state index is 13.0. The van der Waals surface area contributed by atoms with E-state index in [9.17, 15) is 13.2 Å². The molecule has 1 aromatic carbocycles. The summed E-state index contributed by atoms with van der Waals surface area (Å²) in [4.78, 5) is 8.51. The molecular formula is C20H21F3N6S. The Kier molecular flexibility index (Phi) is 5.50. The fourth-order valence-electron chi connectivity index (χ4n) is 3.44. The van der Waals surface area contributed by atoms with Crippen LogP contribution in [0.2, 0.25) is 0 Å². The quantitative estimate of drug-likeness (QED) is 0.646. The average Bonchev–Trinajstić information content (AvgIpc) is 3.15. The third kappa shape index (κ3) is 4.64. The first-order valence-electron chi connectivity index (χ1n) is 9.51. The highest BCUT2D eigenvalue weighted by molar-refractivity contribution is 7.19. The number of benzene rings is 1. The van der Waals surface area contributed by atoms with E-state index in [2.05, 4.69) is 25.4 Å². The number of nitrogens with zero attached hydrogens (tertiary/aromatic N) is 5. The lowest BCUT2D eigenvalue weighted by Gasteiger charge is -2.35. The topological polar surface area (TPSA) is 57.2 Å². The Hall–Kier alpha value is -2.88. The number of aryl methyl sites for hydroxylation is 2. The summed E-state index contributed by atoms with van der Waals surface area (Å²) in [5.74, 6) is 0.726. The van der Waals surface area contributed by atoms with Crippen LogP contribution in [0.25, 0.3) is 0 Å². The van der Waals surface area contributed by atoms with Crippen molar-refractivity contribution in [1.29, 1.82) is 0 Å². The summed E-state index contributed by atoms with van der Waals surface area (Å²) in [6.45, 7) is 6.49. The van der Waals surface area contributed by atoms with Crippen LogP contribution < -0.4 is 15.1 Å². The smallest absolute Gasteiger partial charge is 0.368 e. The molecule has 1 aliphatic heterocycles. The maximum atomic E-state index is 13.0. The second-order valence-electron chi connectivity index (χ2n) is 7.21. The summed E-state index contributed by atoms with van der Waals surface area (Å²) in [7, 11) is 0. The second kappa shape index (κ2) is 8.10. The van der Waals surface area contributed by atoms with E-state index in [1.54, 1.807) is 6.07 Å². The number of piperazine rings is 1. The van der Waals surface area contributed by atoms with Crippen molar-refractivity contribution in [3.63, 3.8) is 0 Å². The van der Waals surface area contributed by atoms with E-state index in [0.29, 0.717) is 37.0 Å². The highest BCUT2D eigenvalue weighted by atomic mass is 32.1. The molecule has 30 heavy (non-hydrogen) atoms. The summed E-state index contributed by atoms with van der Waals surface area (Å²) in [6, 6.07) is 9.42. The monoisotopic (exact) mass is 434 g/mol. The molecule has 0 radical (unpaired) electrons. The van der Waals surface area contributed by atoms with Gasteiger partial charge in [-0.05, 0) is 49.7 Å². The van der Waals surface area contributed by atoms with Gasteiger partial charge in [0.2, 0.25) is 10.3 Å². The van der Waals surface area contributed by atoms with Crippen molar-refractivity contribution < 1.29 is 13.2 Å². The Balaban J connectivity index is 1.39. The molecule has 1 aliphatic rings. The van der Waals surface area contributed by atoms with E-state index < -0.39 is 11.7 Å². The van der Waals surface area contributed by atoms with Crippen LogP contribution in [0.3, 0.4) is 0 Å². The van der Waals surface area contributed by atoms with Gasteiger partial charge in [-0.15, -0.1) is 10.2 Å². The number of alkyl halides is 3. The van der Waals surface area contributed by atoms with Crippen LogP contribution in [0.15, 0.2) is 36.4 Å². The maximum Gasteiger partial charge on any atom is 0.416 e. The summed E-state index contributed by atoms with van der Waals surface area (Å²) >= 11 is 1.43. The number of pyridine rings is 1. The van der Waals surface area contributed by atoms with Crippen LogP contribution in [0.4, 0.5) is 34.9 Å². The summed E-state index contributed by atoms with van der Waals surface area (Å²) in [5, 5.41) is 13.1. The minimum Gasteiger partial charge on any atom is -0.368 e. The molecule has 1 saturated heterocycles. The van der Waals surface area contributed by atoms with E-state index in [0.717, 1.165) is 28.3 Å². The van der Waals surface area contributed by atoms with Gasteiger partial charge in [-0.2, -0.15) is 13.2 Å². The Morgan fingerprint density at radius 1 is 0.967 bits per heavy atom. The first kappa shape index (κ1) is 20.4. The highest BCUT2D eigenvalue weighted by Gasteiger charge is 2.31. The van der Waals surface area contributed by atoms with Crippen molar-refractivity contribution in [2.45, 2.75) is 20.0 Å². The zero-order chi connectivity index (χ0) is 21.3. The molecule has 3 heterocycles. The SMILES string of the molecule is Cc1cc(C)nc(Nc2nnc(N3CCN(c4cccc(C(F)(F)F)c4)CC3)s2)c1. The van der Waals surface area contributed by atoms with Crippen molar-refractivity contribution in [2.24, 2.45) is 0 Å².